The summed E-state index contributed by atoms with van der Waals surface area (Å²) in [5, 5.41) is 19.9. The molecule has 0 saturated carbocycles. The van der Waals surface area contributed by atoms with E-state index in [9.17, 15) is 19.2 Å². The lowest BCUT2D eigenvalue weighted by Crippen LogP contribution is -2.59. The number of benzene rings is 2. The van der Waals surface area contributed by atoms with Gasteiger partial charge in [-0.25, -0.2) is 0 Å². The van der Waals surface area contributed by atoms with Gasteiger partial charge in [0.15, 0.2) is 5.96 Å². The smallest absolute Gasteiger partial charge is 0.245 e. The Morgan fingerprint density at radius 1 is 0.725 bits per heavy atom. The fourth-order valence-corrected chi connectivity index (χ4v) is 6.10. The topological polar surface area (TPSA) is 199 Å². The van der Waals surface area contributed by atoms with Crippen LogP contribution in [0, 0.1) is 11.3 Å². The first-order chi connectivity index (χ1) is 24.3. The third-order valence-electron chi connectivity index (χ3n) is 8.88. The summed E-state index contributed by atoms with van der Waals surface area (Å²) < 4.78 is 0. The number of carbonyl (C=O) groups is 4. The largest absolute Gasteiger partial charge is 0.370 e. The van der Waals surface area contributed by atoms with Crippen LogP contribution in [-0.2, 0) is 32.0 Å². The molecule has 13 heteroatoms. The minimum Gasteiger partial charge on any atom is -0.370 e. The summed E-state index contributed by atoms with van der Waals surface area (Å²) in [7, 11) is 0. The minimum atomic E-state index is -0.995. The van der Waals surface area contributed by atoms with Crippen LogP contribution in [0.2, 0.25) is 0 Å². The van der Waals surface area contributed by atoms with Crippen LogP contribution in [0.4, 0.5) is 0 Å². The lowest BCUT2D eigenvalue weighted by molar-refractivity contribution is -0.138. The van der Waals surface area contributed by atoms with Crippen LogP contribution >= 0.6 is 0 Å². The van der Waals surface area contributed by atoms with Gasteiger partial charge in [-0.15, -0.1) is 0 Å². The monoisotopic (exact) mass is 705 g/mol. The zero-order valence-corrected chi connectivity index (χ0v) is 30.7. The van der Waals surface area contributed by atoms with Crippen LogP contribution in [-0.4, -0.2) is 102 Å². The Morgan fingerprint density at radius 2 is 1.25 bits per heavy atom. The maximum Gasteiger partial charge on any atom is 0.245 e. The number of amides is 4. The number of hydrogen-bond donors (Lipinski definition) is 7. The van der Waals surface area contributed by atoms with Crippen LogP contribution in [0.15, 0.2) is 60.7 Å². The van der Waals surface area contributed by atoms with Crippen molar-refractivity contribution in [3.8, 4) is 0 Å². The van der Waals surface area contributed by atoms with Crippen molar-refractivity contribution in [3.05, 3.63) is 71.8 Å². The van der Waals surface area contributed by atoms with E-state index >= 15 is 0 Å². The van der Waals surface area contributed by atoms with Crippen LogP contribution < -0.4 is 32.7 Å². The number of carbonyl (C=O) groups excluding carboxylic acids is 4. The molecule has 0 unspecified atom stereocenters. The van der Waals surface area contributed by atoms with Crippen molar-refractivity contribution in [2.75, 3.05) is 32.7 Å². The molecular formula is C38H59N9O4. The van der Waals surface area contributed by atoms with Gasteiger partial charge in [0.2, 0.25) is 23.6 Å². The highest BCUT2D eigenvalue weighted by Crippen LogP contribution is 2.12. The molecule has 1 fully saturated rings. The summed E-state index contributed by atoms with van der Waals surface area (Å²) >= 11 is 0. The number of nitrogens with one attached hydrogen (secondary N) is 5. The highest BCUT2D eigenvalue weighted by Gasteiger charge is 2.33. The van der Waals surface area contributed by atoms with Crippen molar-refractivity contribution >= 4 is 29.6 Å². The Bertz CT molecular complexity index is 1410. The second-order valence-electron chi connectivity index (χ2n) is 14.1. The summed E-state index contributed by atoms with van der Waals surface area (Å²) in [5.41, 5.74) is 13.7. The van der Waals surface area contributed by atoms with Gasteiger partial charge in [0.05, 0.1) is 6.04 Å². The zero-order chi connectivity index (χ0) is 37.3. The average Bonchev–Trinajstić information content (AvgIpc) is 3.36. The molecule has 51 heavy (non-hydrogen) atoms. The van der Waals surface area contributed by atoms with E-state index < -0.39 is 41.9 Å². The Hall–Kier alpha value is -4.49. The molecule has 1 aliphatic heterocycles. The molecule has 0 spiro atoms. The highest BCUT2D eigenvalue weighted by atomic mass is 16.2. The van der Waals surface area contributed by atoms with E-state index in [1.807, 2.05) is 88.4 Å². The van der Waals surface area contributed by atoms with Gasteiger partial charge in [-0.1, -0.05) is 88.4 Å². The third-order valence-corrected chi connectivity index (χ3v) is 8.88. The number of rotatable bonds is 18. The van der Waals surface area contributed by atoms with E-state index in [2.05, 4.69) is 21.3 Å². The molecule has 1 heterocycles. The normalized spacial score (nSPS) is 15.7. The van der Waals surface area contributed by atoms with Gasteiger partial charge in [0.1, 0.15) is 18.1 Å². The van der Waals surface area contributed by atoms with Gasteiger partial charge in [-0.05, 0) is 55.7 Å². The summed E-state index contributed by atoms with van der Waals surface area (Å²) in [6, 6.07) is 15.4. The van der Waals surface area contributed by atoms with Crippen molar-refractivity contribution in [2.45, 2.75) is 96.4 Å². The molecule has 4 amide bonds. The lowest BCUT2D eigenvalue weighted by atomic mass is 9.99. The molecule has 9 N–H and O–H groups in total. The molecule has 280 valence electrons. The highest BCUT2D eigenvalue weighted by molar-refractivity contribution is 5.95. The molecule has 2 aromatic rings. The van der Waals surface area contributed by atoms with Crippen molar-refractivity contribution in [2.24, 2.45) is 17.4 Å². The van der Waals surface area contributed by atoms with Gasteiger partial charge < -0.3 is 42.5 Å². The Kier molecular flexibility index (Phi) is 16.9. The molecule has 4 atom stereocenters. The van der Waals surface area contributed by atoms with Crippen LogP contribution in [0.25, 0.3) is 0 Å². The predicted molar refractivity (Wildman–Crippen MR) is 201 cm³/mol. The van der Waals surface area contributed by atoms with E-state index in [1.165, 1.54) is 0 Å². The molecule has 0 bridgehead atoms. The Balaban J connectivity index is 1.78. The molecule has 3 rings (SSSR count). The van der Waals surface area contributed by atoms with Gasteiger partial charge in [-0.3, -0.25) is 24.6 Å². The first kappa shape index (κ1) is 40.9. The van der Waals surface area contributed by atoms with E-state index in [1.54, 1.807) is 9.80 Å². The second-order valence-corrected chi connectivity index (χ2v) is 14.1. The summed E-state index contributed by atoms with van der Waals surface area (Å²) in [5.74, 6) is -1.63. The Labute approximate surface area is 303 Å². The SMILES string of the molecule is CC(C)C[C@@H](NC(=O)[C@@H](Cc1ccccc1)NC(=O)[C@H](N)Cc1ccccc1)C(=O)N[C@H](CCCNC(C)C)C(=O)N1CCCN(C(=N)N)CC1. The second kappa shape index (κ2) is 21.0. The van der Waals surface area contributed by atoms with Gasteiger partial charge in [-0.2, -0.15) is 0 Å². The molecule has 0 aliphatic carbocycles. The van der Waals surface area contributed by atoms with E-state index in [0.717, 1.165) is 11.1 Å². The lowest BCUT2D eigenvalue weighted by Gasteiger charge is -2.30. The fraction of sp³-hybridized carbons (Fsp3) is 0.553. The van der Waals surface area contributed by atoms with Crippen molar-refractivity contribution in [1.29, 1.82) is 5.41 Å². The van der Waals surface area contributed by atoms with Crippen LogP contribution in [0.3, 0.4) is 0 Å². The molecule has 1 aliphatic rings. The first-order valence-electron chi connectivity index (χ1n) is 18.2. The molecule has 0 radical (unpaired) electrons. The van der Waals surface area contributed by atoms with Gasteiger partial charge in [0, 0.05) is 38.6 Å². The maximum absolute atomic E-state index is 14.0. The van der Waals surface area contributed by atoms with Crippen molar-refractivity contribution in [1.82, 2.24) is 31.1 Å². The number of hydrogen-bond acceptors (Lipinski definition) is 7. The first-order valence-corrected chi connectivity index (χ1v) is 18.2. The van der Waals surface area contributed by atoms with E-state index in [0.29, 0.717) is 64.8 Å². The van der Waals surface area contributed by atoms with Gasteiger partial charge in [0.25, 0.3) is 0 Å². The zero-order valence-electron chi connectivity index (χ0n) is 30.7. The molecular weight excluding hydrogens is 646 g/mol. The average molecular weight is 706 g/mol. The third kappa shape index (κ3) is 14.3. The van der Waals surface area contributed by atoms with E-state index in [4.69, 9.17) is 16.9 Å². The molecule has 1 saturated heterocycles. The summed E-state index contributed by atoms with van der Waals surface area (Å²) in [6.45, 7) is 10.6. The fourth-order valence-electron chi connectivity index (χ4n) is 6.10. The predicted octanol–water partition coefficient (Wildman–Crippen LogP) is 1.51. The molecule has 2 aromatic carbocycles. The summed E-state index contributed by atoms with van der Waals surface area (Å²) in [4.78, 5) is 58.7. The Morgan fingerprint density at radius 3 is 1.84 bits per heavy atom. The van der Waals surface area contributed by atoms with Crippen LogP contribution in [0.5, 0.6) is 0 Å². The summed E-state index contributed by atoms with van der Waals surface area (Å²) in [6.07, 6.45) is 2.53. The maximum atomic E-state index is 14.0. The standard InChI is InChI=1S/C38H59N9O4/c1-26(2)23-32(35(49)43-31(17-11-18-42-27(3)4)37(51)46-19-12-20-47(22-21-46)38(40)41)45-36(50)33(25-29-15-9-6-10-16-29)44-34(48)30(39)24-28-13-7-5-8-14-28/h5-10,13-16,26-27,30-33,42H,11-12,17-25,39H2,1-4H3,(H3,40,41)(H,43,49)(H,44,48)(H,45,50)/t30-,31-,32-,33-/m1/s1. The number of guanidine groups is 1. The van der Waals surface area contributed by atoms with E-state index in [-0.39, 0.29) is 30.2 Å². The van der Waals surface area contributed by atoms with Crippen molar-refractivity contribution < 1.29 is 19.2 Å². The van der Waals surface area contributed by atoms with Crippen LogP contribution in [0.1, 0.15) is 64.5 Å². The van der Waals surface area contributed by atoms with Gasteiger partial charge >= 0.3 is 0 Å². The quantitative estimate of drug-likeness (QED) is 0.0688. The number of nitrogens with zero attached hydrogens (tertiary/aromatic N) is 2. The molecule has 13 nitrogen and oxygen atoms in total. The molecule has 0 aromatic heterocycles. The van der Waals surface area contributed by atoms with Crippen molar-refractivity contribution in [3.63, 3.8) is 0 Å². The number of nitrogens with two attached hydrogens (primary N) is 2. The minimum absolute atomic E-state index is 0.0267.